The number of hydrogen-bond acceptors (Lipinski definition) is 3. The van der Waals surface area contributed by atoms with Crippen LogP contribution in [0.25, 0.3) is 0 Å². The molecule has 1 saturated heterocycles. The van der Waals surface area contributed by atoms with Gasteiger partial charge in [-0.05, 0) is 6.08 Å². The molecule has 0 atom stereocenters. The summed E-state index contributed by atoms with van der Waals surface area (Å²) < 4.78 is 5.28. The summed E-state index contributed by atoms with van der Waals surface area (Å²) in [7, 11) is 0. The maximum absolute atomic E-state index is 10.6. The summed E-state index contributed by atoms with van der Waals surface area (Å²) in [6.45, 7) is 9.65. The highest BCUT2D eigenvalue weighted by atomic mass is 16.5. The minimum absolute atomic E-state index is 0.0260. The molecule has 0 unspecified atom stereocenters. The number of nitrogens with zero attached hydrogens (tertiary/aromatic N) is 1. The number of ether oxygens (including phenoxy) is 1. The average molecular weight is 197 g/mol. The van der Waals surface area contributed by atoms with E-state index in [0.29, 0.717) is 0 Å². The number of allylic oxidation sites excluding steroid dienone is 2. The van der Waals surface area contributed by atoms with Crippen molar-refractivity contribution in [1.82, 2.24) is 4.90 Å². The van der Waals surface area contributed by atoms with E-state index < -0.39 is 0 Å². The van der Waals surface area contributed by atoms with Gasteiger partial charge in [-0.15, -0.1) is 0 Å². The van der Waals surface area contributed by atoms with Crippen LogP contribution in [0.3, 0.4) is 0 Å². The molecule has 1 rings (SSSR count). The Kier molecular flexibility index (Phi) is 3.69. The van der Waals surface area contributed by atoms with Crippen LogP contribution in [-0.4, -0.2) is 37.5 Å². The number of morpholine rings is 1. The predicted molar refractivity (Wildman–Crippen MR) is 56.0 cm³/mol. The minimum Gasteiger partial charge on any atom is -0.378 e. The van der Waals surface area contributed by atoms with Gasteiger partial charge in [0.25, 0.3) is 0 Å². The lowest BCUT2D eigenvalue weighted by molar-refractivity contribution is -0.104. The summed E-state index contributed by atoms with van der Waals surface area (Å²) in [5.74, 6) is 0. The van der Waals surface area contributed by atoms with Gasteiger partial charge in [-0.2, -0.15) is 0 Å². The van der Waals surface area contributed by atoms with Crippen LogP contribution in [0.1, 0.15) is 20.8 Å². The summed E-state index contributed by atoms with van der Waals surface area (Å²) in [5, 5.41) is 0. The van der Waals surface area contributed by atoms with Gasteiger partial charge in [-0.3, -0.25) is 4.79 Å². The molecule has 0 bridgehead atoms. The van der Waals surface area contributed by atoms with E-state index in [2.05, 4.69) is 25.7 Å². The first-order chi connectivity index (χ1) is 6.55. The predicted octanol–water partition coefficient (Wildman–Crippen LogP) is 1.45. The van der Waals surface area contributed by atoms with Crippen LogP contribution in [0.5, 0.6) is 0 Å². The van der Waals surface area contributed by atoms with Crippen molar-refractivity contribution in [3.8, 4) is 0 Å². The van der Waals surface area contributed by atoms with Crippen molar-refractivity contribution in [3.05, 3.63) is 11.8 Å². The Hall–Kier alpha value is -0.830. The molecule has 0 N–H and O–H groups in total. The van der Waals surface area contributed by atoms with Gasteiger partial charge in [0, 0.05) is 24.2 Å². The third-order valence-corrected chi connectivity index (χ3v) is 2.35. The maximum atomic E-state index is 10.6. The zero-order valence-corrected chi connectivity index (χ0v) is 9.25. The molecule has 1 fully saturated rings. The first-order valence-electron chi connectivity index (χ1n) is 5.04. The quantitative estimate of drug-likeness (QED) is 0.495. The number of hydrogen-bond donors (Lipinski definition) is 0. The highest BCUT2D eigenvalue weighted by molar-refractivity contribution is 5.66. The fourth-order valence-electron chi connectivity index (χ4n) is 1.70. The van der Waals surface area contributed by atoms with Crippen LogP contribution in [-0.2, 0) is 9.53 Å². The van der Waals surface area contributed by atoms with Gasteiger partial charge >= 0.3 is 0 Å². The van der Waals surface area contributed by atoms with Crippen molar-refractivity contribution >= 4 is 6.29 Å². The summed E-state index contributed by atoms with van der Waals surface area (Å²) >= 11 is 0. The van der Waals surface area contributed by atoms with Crippen LogP contribution in [0.4, 0.5) is 0 Å². The van der Waals surface area contributed by atoms with E-state index in [0.717, 1.165) is 38.3 Å². The van der Waals surface area contributed by atoms with E-state index >= 15 is 0 Å². The van der Waals surface area contributed by atoms with E-state index in [1.165, 1.54) is 0 Å². The molecule has 0 spiro atoms. The first-order valence-corrected chi connectivity index (χ1v) is 5.04. The van der Waals surface area contributed by atoms with Gasteiger partial charge in [0.05, 0.1) is 13.2 Å². The maximum Gasteiger partial charge on any atom is 0.144 e. The fraction of sp³-hybridized carbons (Fsp3) is 0.727. The Morgan fingerprint density at radius 1 is 1.29 bits per heavy atom. The Morgan fingerprint density at radius 3 is 2.29 bits per heavy atom. The smallest absolute Gasteiger partial charge is 0.144 e. The first kappa shape index (κ1) is 11.2. The normalized spacial score (nSPS) is 19.6. The molecule has 0 radical (unpaired) electrons. The molecule has 0 aromatic rings. The van der Waals surface area contributed by atoms with Gasteiger partial charge in [0.1, 0.15) is 6.29 Å². The van der Waals surface area contributed by atoms with Crippen LogP contribution in [0.2, 0.25) is 0 Å². The van der Waals surface area contributed by atoms with Crippen LogP contribution in [0, 0.1) is 5.41 Å². The Bertz CT molecular complexity index is 222. The topological polar surface area (TPSA) is 29.5 Å². The minimum atomic E-state index is 0.0260. The molecule has 1 aliphatic rings. The van der Waals surface area contributed by atoms with Crippen LogP contribution in [0.15, 0.2) is 11.8 Å². The molecule has 3 heteroatoms. The molecule has 14 heavy (non-hydrogen) atoms. The summed E-state index contributed by atoms with van der Waals surface area (Å²) in [6, 6.07) is 0. The lowest BCUT2D eigenvalue weighted by Gasteiger charge is -2.37. The molecular weight excluding hydrogens is 178 g/mol. The highest BCUT2D eigenvalue weighted by Gasteiger charge is 2.23. The zero-order valence-electron chi connectivity index (χ0n) is 9.25. The summed E-state index contributed by atoms with van der Waals surface area (Å²) in [5.41, 5.74) is 1.13. The fourth-order valence-corrected chi connectivity index (χ4v) is 1.70. The second kappa shape index (κ2) is 4.60. The molecule has 0 aromatic carbocycles. The standard InChI is InChI=1S/C11H19NO2/c1-11(2,3)10(4-7-13)12-5-8-14-9-6-12/h4,7H,5-6,8-9H2,1-3H3. The van der Waals surface area contributed by atoms with Crippen LogP contribution < -0.4 is 0 Å². The molecule has 1 aliphatic heterocycles. The Morgan fingerprint density at radius 2 is 1.86 bits per heavy atom. The van der Waals surface area contributed by atoms with Gasteiger partial charge < -0.3 is 9.64 Å². The molecule has 0 saturated carbocycles. The van der Waals surface area contributed by atoms with Crippen molar-refractivity contribution in [1.29, 1.82) is 0 Å². The molecule has 0 aromatic heterocycles. The average Bonchev–Trinajstić information content (AvgIpc) is 2.14. The van der Waals surface area contributed by atoms with E-state index in [1.54, 1.807) is 6.08 Å². The Balaban J connectivity index is 2.76. The molecule has 0 aliphatic carbocycles. The molecular formula is C11H19NO2. The van der Waals surface area contributed by atoms with Gasteiger partial charge in [-0.25, -0.2) is 0 Å². The van der Waals surface area contributed by atoms with Crippen molar-refractivity contribution in [2.75, 3.05) is 26.3 Å². The third-order valence-electron chi connectivity index (χ3n) is 2.35. The van der Waals surface area contributed by atoms with Crippen molar-refractivity contribution in [2.24, 2.45) is 5.41 Å². The van der Waals surface area contributed by atoms with E-state index in [-0.39, 0.29) is 5.41 Å². The largest absolute Gasteiger partial charge is 0.378 e. The van der Waals surface area contributed by atoms with Gasteiger partial charge in [0.2, 0.25) is 0 Å². The highest BCUT2D eigenvalue weighted by Crippen LogP contribution is 2.28. The van der Waals surface area contributed by atoms with E-state index in [4.69, 9.17) is 4.74 Å². The van der Waals surface area contributed by atoms with Gasteiger partial charge in [-0.1, -0.05) is 20.8 Å². The van der Waals surface area contributed by atoms with Crippen molar-refractivity contribution in [3.63, 3.8) is 0 Å². The number of carbonyl (C=O) groups is 1. The zero-order chi connectivity index (χ0) is 10.6. The SMILES string of the molecule is CC(C)(C)C(=CC=O)N1CCOCC1. The monoisotopic (exact) mass is 197 g/mol. The lowest BCUT2D eigenvalue weighted by atomic mass is 9.90. The summed E-state index contributed by atoms with van der Waals surface area (Å²) in [6.07, 6.45) is 2.54. The van der Waals surface area contributed by atoms with E-state index in [1.807, 2.05) is 0 Å². The molecule has 3 nitrogen and oxygen atoms in total. The van der Waals surface area contributed by atoms with Gasteiger partial charge in [0.15, 0.2) is 0 Å². The lowest BCUT2D eigenvalue weighted by Crippen LogP contribution is -2.39. The number of aldehydes is 1. The number of carbonyl (C=O) groups excluding carboxylic acids is 1. The van der Waals surface area contributed by atoms with E-state index in [9.17, 15) is 4.79 Å². The molecule has 80 valence electrons. The third kappa shape index (κ3) is 2.84. The second-order valence-electron chi connectivity index (χ2n) is 4.54. The summed E-state index contributed by atoms with van der Waals surface area (Å²) in [4.78, 5) is 12.8. The Labute approximate surface area is 85.7 Å². The van der Waals surface area contributed by atoms with Crippen molar-refractivity contribution < 1.29 is 9.53 Å². The van der Waals surface area contributed by atoms with Crippen molar-refractivity contribution in [2.45, 2.75) is 20.8 Å². The van der Waals surface area contributed by atoms with Crippen LogP contribution >= 0.6 is 0 Å². The second-order valence-corrected chi connectivity index (χ2v) is 4.54. The number of rotatable bonds is 2. The molecule has 0 amide bonds. The molecule has 1 heterocycles.